The van der Waals surface area contributed by atoms with Crippen molar-refractivity contribution < 1.29 is 18.7 Å². The third-order valence-corrected chi connectivity index (χ3v) is 5.19. The molecule has 0 fully saturated rings. The first-order valence-electron chi connectivity index (χ1n) is 10.4. The molecule has 0 spiro atoms. The summed E-state index contributed by atoms with van der Waals surface area (Å²) >= 11 is 0. The average molecular weight is 426 g/mol. The van der Waals surface area contributed by atoms with Crippen molar-refractivity contribution in [3.8, 4) is 23.1 Å². The molecule has 164 valence electrons. The maximum Gasteiger partial charge on any atom is 0.226 e. The highest BCUT2D eigenvalue weighted by atomic mass is 19.1. The molecule has 0 aliphatic rings. The molecule has 0 saturated carbocycles. The van der Waals surface area contributed by atoms with E-state index < -0.39 is 0 Å². The third kappa shape index (κ3) is 5.23. The SMILES string of the molecule is CCN(CC)C(=O)CCc1c(C)nn(-c2ccc(F)cc2)c1Oc1ccc(OC)cc1. The summed E-state index contributed by atoms with van der Waals surface area (Å²) in [4.78, 5) is 14.4. The zero-order valence-corrected chi connectivity index (χ0v) is 18.4. The summed E-state index contributed by atoms with van der Waals surface area (Å²) in [5.74, 6) is 1.62. The second kappa shape index (κ2) is 10.1. The van der Waals surface area contributed by atoms with Crippen molar-refractivity contribution in [1.82, 2.24) is 14.7 Å². The predicted octanol–water partition coefficient (Wildman–Crippen LogP) is 4.92. The zero-order chi connectivity index (χ0) is 22.4. The number of carbonyl (C=O) groups excluding carboxylic acids is 1. The van der Waals surface area contributed by atoms with Gasteiger partial charge in [-0.15, -0.1) is 0 Å². The fourth-order valence-corrected chi connectivity index (χ4v) is 3.41. The summed E-state index contributed by atoms with van der Waals surface area (Å²) in [7, 11) is 1.60. The maximum absolute atomic E-state index is 13.4. The van der Waals surface area contributed by atoms with E-state index in [0.717, 1.165) is 17.0 Å². The van der Waals surface area contributed by atoms with Gasteiger partial charge in [-0.2, -0.15) is 5.10 Å². The monoisotopic (exact) mass is 425 g/mol. The molecule has 7 heteroatoms. The number of amides is 1. The highest BCUT2D eigenvalue weighted by Gasteiger charge is 2.21. The number of carbonyl (C=O) groups is 1. The molecular formula is C24H28FN3O3. The minimum absolute atomic E-state index is 0.0920. The first kappa shape index (κ1) is 22.3. The minimum atomic E-state index is -0.324. The topological polar surface area (TPSA) is 56.6 Å². The summed E-state index contributed by atoms with van der Waals surface area (Å²) in [6, 6.07) is 13.3. The number of methoxy groups -OCH3 is 1. The van der Waals surface area contributed by atoms with Gasteiger partial charge in [0.05, 0.1) is 18.5 Å². The highest BCUT2D eigenvalue weighted by Crippen LogP contribution is 2.32. The number of rotatable bonds is 9. The fourth-order valence-electron chi connectivity index (χ4n) is 3.41. The molecular weight excluding hydrogens is 397 g/mol. The molecule has 6 nitrogen and oxygen atoms in total. The second-order valence-corrected chi connectivity index (χ2v) is 7.10. The lowest BCUT2D eigenvalue weighted by Crippen LogP contribution is -2.30. The first-order valence-corrected chi connectivity index (χ1v) is 10.4. The Labute approximate surface area is 182 Å². The Kier molecular flexibility index (Phi) is 7.28. The summed E-state index contributed by atoms with van der Waals surface area (Å²) in [6.45, 7) is 7.18. The van der Waals surface area contributed by atoms with Gasteiger partial charge in [0.15, 0.2) is 0 Å². The molecule has 0 N–H and O–H groups in total. The van der Waals surface area contributed by atoms with E-state index >= 15 is 0 Å². The van der Waals surface area contributed by atoms with Crippen molar-refractivity contribution >= 4 is 5.91 Å². The normalized spacial score (nSPS) is 10.7. The molecule has 0 aliphatic heterocycles. The lowest BCUT2D eigenvalue weighted by molar-refractivity contribution is -0.130. The van der Waals surface area contributed by atoms with Crippen molar-refractivity contribution in [1.29, 1.82) is 0 Å². The Morgan fingerprint density at radius 2 is 1.65 bits per heavy atom. The quantitative estimate of drug-likeness (QED) is 0.488. The molecule has 0 unspecified atom stereocenters. The number of aryl methyl sites for hydroxylation is 1. The van der Waals surface area contributed by atoms with Crippen LogP contribution in [0.5, 0.6) is 17.4 Å². The van der Waals surface area contributed by atoms with E-state index in [4.69, 9.17) is 9.47 Å². The molecule has 0 saturated heterocycles. The van der Waals surface area contributed by atoms with E-state index in [1.54, 1.807) is 36.1 Å². The third-order valence-electron chi connectivity index (χ3n) is 5.19. The number of hydrogen-bond acceptors (Lipinski definition) is 4. The molecule has 0 radical (unpaired) electrons. The molecule has 3 rings (SSSR count). The van der Waals surface area contributed by atoms with Gasteiger partial charge in [-0.25, -0.2) is 9.07 Å². The lowest BCUT2D eigenvalue weighted by atomic mass is 10.1. The van der Waals surface area contributed by atoms with Crippen LogP contribution in [-0.2, 0) is 11.2 Å². The van der Waals surface area contributed by atoms with E-state index in [1.165, 1.54) is 12.1 Å². The second-order valence-electron chi connectivity index (χ2n) is 7.10. The Morgan fingerprint density at radius 1 is 1.03 bits per heavy atom. The van der Waals surface area contributed by atoms with Crippen molar-refractivity contribution in [3.63, 3.8) is 0 Å². The first-order chi connectivity index (χ1) is 15.0. The van der Waals surface area contributed by atoms with Crippen LogP contribution in [0.15, 0.2) is 48.5 Å². The minimum Gasteiger partial charge on any atom is -0.497 e. The van der Waals surface area contributed by atoms with E-state index in [9.17, 15) is 9.18 Å². The summed E-state index contributed by atoms with van der Waals surface area (Å²) in [5, 5.41) is 4.62. The molecule has 0 atom stereocenters. The average Bonchev–Trinajstić information content (AvgIpc) is 3.09. The summed E-state index contributed by atoms with van der Waals surface area (Å²) in [6.07, 6.45) is 0.852. The lowest BCUT2D eigenvalue weighted by Gasteiger charge is -2.18. The van der Waals surface area contributed by atoms with Gasteiger partial charge in [0.25, 0.3) is 0 Å². The van der Waals surface area contributed by atoms with Gasteiger partial charge in [-0.05, 0) is 75.7 Å². The van der Waals surface area contributed by atoms with Crippen LogP contribution in [0.2, 0.25) is 0 Å². The summed E-state index contributed by atoms with van der Waals surface area (Å²) in [5.41, 5.74) is 2.29. The number of hydrogen-bond donors (Lipinski definition) is 0. The highest BCUT2D eigenvalue weighted by molar-refractivity contribution is 5.76. The van der Waals surface area contributed by atoms with Crippen LogP contribution in [0.3, 0.4) is 0 Å². The number of aromatic nitrogens is 2. The molecule has 31 heavy (non-hydrogen) atoms. The van der Waals surface area contributed by atoms with Gasteiger partial charge >= 0.3 is 0 Å². The van der Waals surface area contributed by atoms with Crippen molar-refractivity contribution in [2.75, 3.05) is 20.2 Å². The van der Waals surface area contributed by atoms with Crippen molar-refractivity contribution in [2.45, 2.75) is 33.6 Å². The van der Waals surface area contributed by atoms with E-state index in [-0.39, 0.29) is 11.7 Å². The van der Waals surface area contributed by atoms with E-state index in [2.05, 4.69) is 5.10 Å². The Bertz CT molecular complexity index is 1010. The predicted molar refractivity (Wildman–Crippen MR) is 118 cm³/mol. The standard InChI is InChI=1S/C24H28FN3O3/c1-5-27(6-2)23(29)16-15-22-17(3)26-28(19-9-7-18(25)8-10-19)24(22)31-21-13-11-20(30-4)12-14-21/h7-14H,5-6,15-16H2,1-4H3. The van der Waals surface area contributed by atoms with Crippen LogP contribution in [0.25, 0.3) is 5.69 Å². The van der Waals surface area contributed by atoms with Crippen LogP contribution in [0.4, 0.5) is 4.39 Å². The molecule has 0 aliphatic carbocycles. The van der Waals surface area contributed by atoms with Crippen LogP contribution < -0.4 is 9.47 Å². The van der Waals surface area contributed by atoms with Crippen molar-refractivity contribution in [2.24, 2.45) is 0 Å². The molecule has 2 aromatic carbocycles. The fraction of sp³-hybridized carbons (Fsp3) is 0.333. The van der Waals surface area contributed by atoms with Gasteiger partial charge in [-0.1, -0.05) is 0 Å². The van der Waals surface area contributed by atoms with Crippen LogP contribution in [0, 0.1) is 12.7 Å². The van der Waals surface area contributed by atoms with Gasteiger partial charge in [0.2, 0.25) is 11.8 Å². The Balaban J connectivity index is 1.96. The summed E-state index contributed by atoms with van der Waals surface area (Å²) < 4.78 is 26.5. The molecule has 1 amide bonds. The van der Waals surface area contributed by atoms with Gasteiger partial charge in [0, 0.05) is 25.1 Å². The molecule has 3 aromatic rings. The smallest absolute Gasteiger partial charge is 0.226 e. The van der Waals surface area contributed by atoms with Crippen LogP contribution in [0.1, 0.15) is 31.5 Å². The maximum atomic E-state index is 13.4. The Hall–Kier alpha value is -3.35. The number of nitrogens with zero attached hydrogens (tertiary/aromatic N) is 3. The van der Waals surface area contributed by atoms with Gasteiger partial charge < -0.3 is 14.4 Å². The van der Waals surface area contributed by atoms with E-state index in [1.807, 2.05) is 37.8 Å². The molecule has 0 bridgehead atoms. The molecule has 1 aromatic heterocycles. The van der Waals surface area contributed by atoms with Gasteiger partial charge in [-0.3, -0.25) is 4.79 Å². The zero-order valence-electron chi connectivity index (χ0n) is 18.4. The number of ether oxygens (including phenoxy) is 2. The molecule has 1 heterocycles. The van der Waals surface area contributed by atoms with Crippen LogP contribution in [-0.4, -0.2) is 40.8 Å². The number of benzene rings is 2. The largest absolute Gasteiger partial charge is 0.497 e. The van der Waals surface area contributed by atoms with E-state index in [0.29, 0.717) is 43.2 Å². The van der Waals surface area contributed by atoms with Gasteiger partial charge in [0.1, 0.15) is 17.3 Å². The van der Waals surface area contributed by atoms with Crippen molar-refractivity contribution in [3.05, 3.63) is 65.6 Å². The van der Waals surface area contributed by atoms with Crippen LogP contribution >= 0.6 is 0 Å². The number of halogens is 1. The Morgan fingerprint density at radius 3 is 2.23 bits per heavy atom.